The summed E-state index contributed by atoms with van der Waals surface area (Å²) in [7, 11) is -3.09. The van der Waals surface area contributed by atoms with Crippen molar-refractivity contribution < 1.29 is 13.2 Å². The van der Waals surface area contributed by atoms with Crippen molar-refractivity contribution in [1.29, 1.82) is 0 Å². The second-order valence-corrected chi connectivity index (χ2v) is 9.28. The summed E-state index contributed by atoms with van der Waals surface area (Å²) in [6.45, 7) is 3.15. The van der Waals surface area contributed by atoms with E-state index in [2.05, 4.69) is 4.90 Å². The van der Waals surface area contributed by atoms with Crippen molar-refractivity contribution in [2.45, 2.75) is 48.1 Å². The Morgan fingerprint density at radius 3 is 2.52 bits per heavy atom. The molecule has 4 rings (SSSR count). The molecule has 1 aromatic carbocycles. The van der Waals surface area contributed by atoms with Gasteiger partial charge in [-0.15, -0.1) is 0 Å². The van der Waals surface area contributed by atoms with Gasteiger partial charge in [0.25, 0.3) is 0 Å². The molecule has 23 heavy (non-hydrogen) atoms. The normalized spacial score (nSPS) is 37.4. The smallest absolute Gasteiger partial charge is 0.163 e. The predicted octanol–water partition coefficient (Wildman–Crippen LogP) is 2.56. The molecule has 3 atom stereocenters. The van der Waals surface area contributed by atoms with Crippen LogP contribution >= 0.6 is 0 Å². The number of sulfone groups is 1. The zero-order chi connectivity index (χ0) is 15.9. The third kappa shape index (κ3) is 2.28. The highest BCUT2D eigenvalue weighted by molar-refractivity contribution is 7.94. The Kier molecular flexibility index (Phi) is 3.98. The van der Waals surface area contributed by atoms with Crippen LogP contribution in [-0.4, -0.2) is 50.4 Å². The van der Waals surface area contributed by atoms with Crippen LogP contribution < -0.4 is 0 Å². The molecule has 1 aliphatic carbocycles. The molecule has 2 heterocycles. The van der Waals surface area contributed by atoms with Gasteiger partial charge in [-0.1, -0.05) is 49.6 Å². The van der Waals surface area contributed by atoms with E-state index in [9.17, 15) is 8.42 Å². The number of benzene rings is 1. The molecule has 5 heteroatoms. The van der Waals surface area contributed by atoms with Crippen LogP contribution in [0.3, 0.4) is 0 Å². The molecule has 0 bridgehead atoms. The lowest BCUT2D eigenvalue weighted by Crippen LogP contribution is -2.73. The summed E-state index contributed by atoms with van der Waals surface area (Å²) < 4.78 is 31.8. The van der Waals surface area contributed by atoms with Crippen molar-refractivity contribution in [2.24, 2.45) is 0 Å². The van der Waals surface area contributed by atoms with Crippen LogP contribution in [0.25, 0.3) is 0 Å². The van der Waals surface area contributed by atoms with Gasteiger partial charge in [0, 0.05) is 13.1 Å². The molecule has 4 nitrogen and oxygen atoms in total. The van der Waals surface area contributed by atoms with Crippen molar-refractivity contribution in [3.05, 3.63) is 35.9 Å². The maximum Gasteiger partial charge on any atom is 0.163 e. The van der Waals surface area contributed by atoms with E-state index in [1.165, 1.54) is 0 Å². The first-order valence-electron chi connectivity index (χ1n) is 8.78. The van der Waals surface area contributed by atoms with Gasteiger partial charge in [0.15, 0.2) is 9.84 Å². The minimum absolute atomic E-state index is 0.194. The molecule has 1 aromatic rings. The first-order valence-corrected chi connectivity index (χ1v) is 10.4. The Bertz CT molecular complexity index is 654. The van der Waals surface area contributed by atoms with Crippen LogP contribution in [-0.2, 0) is 14.6 Å². The number of morpholine rings is 1. The maximum absolute atomic E-state index is 13.1. The molecule has 3 fully saturated rings. The van der Waals surface area contributed by atoms with E-state index in [0.29, 0.717) is 0 Å². The molecule has 1 saturated carbocycles. The highest BCUT2D eigenvalue weighted by Gasteiger charge is 2.68. The molecule has 0 unspecified atom stereocenters. The molecule has 2 saturated heterocycles. The fourth-order valence-corrected chi connectivity index (χ4v) is 8.17. The third-order valence-corrected chi connectivity index (χ3v) is 8.76. The average molecular weight is 335 g/mol. The van der Waals surface area contributed by atoms with Crippen molar-refractivity contribution >= 4 is 9.84 Å². The number of ether oxygens (including phenoxy) is 1. The number of hydrogen-bond acceptors (Lipinski definition) is 4. The van der Waals surface area contributed by atoms with Crippen LogP contribution in [0.1, 0.15) is 42.9 Å². The topological polar surface area (TPSA) is 46.6 Å². The van der Waals surface area contributed by atoms with E-state index in [4.69, 9.17) is 4.74 Å². The third-order valence-electron chi connectivity index (χ3n) is 5.98. The minimum atomic E-state index is -3.09. The van der Waals surface area contributed by atoms with E-state index in [0.717, 1.165) is 64.0 Å². The Morgan fingerprint density at radius 1 is 1.04 bits per heavy atom. The van der Waals surface area contributed by atoms with Crippen molar-refractivity contribution in [3.8, 4) is 0 Å². The van der Waals surface area contributed by atoms with Crippen LogP contribution in [0.4, 0.5) is 0 Å². The second kappa shape index (κ2) is 5.87. The molecule has 0 amide bonds. The standard InChI is InChI=1S/C18H25NO3S/c20-23(21)16-9-5-2-6-10-18(16,19-11-13-22-14-12-19)17(23)15-7-3-1-4-8-15/h1,3-4,7-8,16-17H,2,5-6,9-14H2/t16-,17+,18-/m0/s1. The Morgan fingerprint density at radius 2 is 1.78 bits per heavy atom. The van der Waals surface area contributed by atoms with E-state index in [1.54, 1.807) is 0 Å². The highest BCUT2D eigenvalue weighted by atomic mass is 32.2. The first kappa shape index (κ1) is 15.6. The van der Waals surface area contributed by atoms with E-state index >= 15 is 0 Å². The molecular formula is C18H25NO3S. The molecule has 2 aliphatic heterocycles. The van der Waals surface area contributed by atoms with Crippen molar-refractivity contribution in [1.82, 2.24) is 4.90 Å². The van der Waals surface area contributed by atoms with Crippen molar-refractivity contribution in [2.75, 3.05) is 26.3 Å². The van der Waals surface area contributed by atoms with Gasteiger partial charge in [-0.2, -0.15) is 0 Å². The Labute approximate surface area is 138 Å². The molecule has 0 aromatic heterocycles. The highest BCUT2D eigenvalue weighted by Crippen LogP contribution is 2.59. The van der Waals surface area contributed by atoms with Gasteiger partial charge in [-0.3, -0.25) is 4.90 Å². The summed E-state index contributed by atoms with van der Waals surface area (Å²) >= 11 is 0. The lowest BCUT2D eigenvalue weighted by Gasteiger charge is -2.60. The lowest BCUT2D eigenvalue weighted by molar-refractivity contribution is -0.0392. The monoisotopic (exact) mass is 335 g/mol. The van der Waals surface area contributed by atoms with E-state index in [1.807, 2.05) is 30.3 Å². The van der Waals surface area contributed by atoms with Crippen LogP contribution in [0, 0.1) is 0 Å². The summed E-state index contributed by atoms with van der Waals surface area (Å²) in [5.41, 5.74) is 0.762. The van der Waals surface area contributed by atoms with Crippen LogP contribution in [0.15, 0.2) is 30.3 Å². The van der Waals surface area contributed by atoms with Gasteiger partial charge in [0.05, 0.1) is 24.0 Å². The van der Waals surface area contributed by atoms with Gasteiger partial charge in [0.1, 0.15) is 5.25 Å². The summed E-state index contributed by atoms with van der Waals surface area (Å²) in [5, 5.41) is -0.557. The average Bonchev–Trinajstić information content (AvgIpc) is 2.78. The van der Waals surface area contributed by atoms with E-state index < -0.39 is 9.84 Å². The van der Waals surface area contributed by atoms with Gasteiger partial charge in [0.2, 0.25) is 0 Å². The summed E-state index contributed by atoms with van der Waals surface area (Å²) in [6, 6.07) is 9.86. The van der Waals surface area contributed by atoms with Crippen molar-refractivity contribution in [3.63, 3.8) is 0 Å². The van der Waals surface area contributed by atoms with Gasteiger partial charge in [-0.25, -0.2) is 8.42 Å². The van der Waals surface area contributed by atoms with Gasteiger partial charge >= 0.3 is 0 Å². The quantitative estimate of drug-likeness (QED) is 0.833. The Balaban J connectivity index is 1.81. The molecule has 126 valence electrons. The second-order valence-electron chi connectivity index (χ2n) is 7.06. The fraction of sp³-hybridized carbons (Fsp3) is 0.667. The molecule has 0 spiro atoms. The minimum Gasteiger partial charge on any atom is -0.379 e. The zero-order valence-electron chi connectivity index (χ0n) is 13.5. The van der Waals surface area contributed by atoms with Crippen LogP contribution in [0.5, 0.6) is 0 Å². The van der Waals surface area contributed by atoms with Crippen LogP contribution in [0.2, 0.25) is 0 Å². The number of fused-ring (bicyclic) bond motifs is 1. The lowest BCUT2D eigenvalue weighted by atomic mass is 9.79. The number of hydrogen-bond donors (Lipinski definition) is 0. The Hall–Kier alpha value is -0.910. The predicted molar refractivity (Wildman–Crippen MR) is 90.1 cm³/mol. The SMILES string of the molecule is O=S1(=O)[C@H](c2ccccc2)[C@]2(N3CCOCC3)CCCCC[C@@H]21. The molecule has 3 aliphatic rings. The van der Waals surface area contributed by atoms with Gasteiger partial charge in [-0.05, 0) is 18.4 Å². The summed E-state index contributed by atoms with van der Waals surface area (Å²) in [5.74, 6) is 0. The molecule has 0 radical (unpaired) electrons. The maximum atomic E-state index is 13.1. The summed E-state index contributed by atoms with van der Waals surface area (Å²) in [6.07, 6.45) is 5.14. The van der Waals surface area contributed by atoms with Gasteiger partial charge < -0.3 is 4.74 Å². The zero-order valence-corrected chi connectivity index (χ0v) is 14.3. The van der Waals surface area contributed by atoms with E-state index in [-0.39, 0.29) is 16.0 Å². The largest absolute Gasteiger partial charge is 0.379 e. The number of nitrogens with zero attached hydrogens (tertiary/aromatic N) is 1. The number of rotatable bonds is 2. The fourth-order valence-electron chi connectivity index (χ4n) is 5.06. The molecular weight excluding hydrogens is 310 g/mol. The first-order chi connectivity index (χ1) is 11.2. The molecule has 0 N–H and O–H groups in total. The summed E-state index contributed by atoms with van der Waals surface area (Å²) in [4.78, 5) is 2.45.